The lowest BCUT2D eigenvalue weighted by atomic mass is 9.78. The van der Waals surface area contributed by atoms with Crippen LogP contribution in [-0.4, -0.2) is 51.4 Å². The van der Waals surface area contributed by atoms with E-state index < -0.39 is 65.1 Å². The standard InChI is InChI=1S/C24H21F3N6O6/c25-24(26,27)18-16(32-22(39-18)11-4-2-1-3-5-11)21(36)31-12-6-7-14(30-10-12)33-9-8-13(23(37)38)15(19(28)34)17(33)20(29)35/h1-7,10,13,15,17H,8-9H2,(H2,28,34)(H2,29,35)(H,31,36)(H,37,38). The number of alkyl halides is 3. The number of carbonyl (C=O) groups excluding carboxylic acids is 3. The van der Waals surface area contributed by atoms with Gasteiger partial charge in [-0.3, -0.25) is 19.2 Å². The van der Waals surface area contributed by atoms with Gasteiger partial charge in [0.2, 0.25) is 23.5 Å². The second-order valence-corrected chi connectivity index (χ2v) is 8.62. The van der Waals surface area contributed by atoms with E-state index in [1.165, 1.54) is 29.2 Å². The lowest BCUT2D eigenvalue weighted by Gasteiger charge is -2.41. The van der Waals surface area contributed by atoms with E-state index in [2.05, 4.69) is 15.3 Å². The van der Waals surface area contributed by atoms with Crippen LogP contribution in [0.1, 0.15) is 22.7 Å². The molecule has 2 aromatic heterocycles. The van der Waals surface area contributed by atoms with Crippen molar-refractivity contribution < 1.29 is 41.9 Å². The number of carboxylic acid groups (broad SMARTS) is 1. The summed E-state index contributed by atoms with van der Waals surface area (Å²) < 4.78 is 45.6. The average Bonchev–Trinajstić information content (AvgIpc) is 3.35. The summed E-state index contributed by atoms with van der Waals surface area (Å²) in [5.74, 6) is -9.09. The Labute approximate surface area is 217 Å². The summed E-state index contributed by atoms with van der Waals surface area (Å²) in [6.45, 7) is -0.0107. The SMILES string of the molecule is NC(=O)C1C(C(=O)O)CCN(c2ccc(NC(=O)c3nc(-c4ccccc4)oc3C(F)(F)F)cn2)C1C(N)=O. The van der Waals surface area contributed by atoms with Crippen molar-refractivity contribution in [1.82, 2.24) is 9.97 Å². The van der Waals surface area contributed by atoms with Gasteiger partial charge >= 0.3 is 12.1 Å². The van der Waals surface area contributed by atoms with Gasteiger partial charge < -0.3 is 31.2 Å². The highest BCUT2D eigenvalue weighted by Crippen LogP contribution is 2.36. The van der Waals surface area contributed by atoms with Crippen LogP contribution in [0.3, 0.4) is 0 Å². The van der Waals surface area contributed by atoms with Gasteiger partial charge in [0.05, 0.1) is 23.7 Å². The van der Waals surface area contributed by atoms with Gasteiger partial charge in [-0.1, -0.05) is 18.2 Å². The number of halogens is 3. The minimum atomic E-state index is -5.00. The topological polar surface area (TPSA) is 195 Å². The number of benzene rings is 1. The van der Waals surface area contributed by atoms with Crippen LogP contribution in [0.2, 0.25) is 0 Å². The Morgan fingerprint density at radius 2 is 1.74 bits per heavy atom. The fraction of sp³-hybridized carbons (Fsp3) is 0.250. The van der Waals surface area contributed by atoms with Crippen LogP contribution < -0.4 is 21.7 Å². The molecule has 1 aliphatic rings. The zero-order valence-electron chi connectivity index (χ0n) is 19.9. The van der Waals surface area contributed by atoms with Crippen molar-refractivity contribution in [3.63, 3.8) is 0 Å². The lowest BCUT2D eigenvalue weighted by molar-refractivity contribution is -0.153. The molecule has 1 aromatic carbocycles. The quantitative estimate of drug-likeness (QED) is 0.342. The second-order valence-electron chi connectivity index (χ2n) is 8.62. The number of hydrogen-bond donors (Lipinski definition) is 4. The Balaban J connectivity index is 1.58. The number of nitrogens with one attached hydrogen (secondary N) is 1. The summed E-state index contributed by atoms with van der Waals surface area (Å²) in [5, 5.41) is 11.7. The highest BCUT2D eigenvalue weighted by Gasteiger charge is 2.48. The summed E-state index contributed by atoms with van der Waals surface area (Å²) in [7, 11) is 0. The third-order valence-electron chi connectivity index (χ3n) is 6.15. The largest absolute Gasteiger partial charge is 0.481 e. The number of anilines is 2. The summed E-state index contributed by atoms with van der Waals surface area (Å²) >= 11 is 0. The van der Waals surface area contributed by atoms with E-state index in [-0.39, 0.29) is 30.0 Å². The zero-order chi connectivity index (χ0) is 28.5. The van der Waals surface area contributed by atoms with Crippen LogP contribution in [0, 0.1) is 11.8 Å². The maximum atomic E-state index is 13.6. The van der Waals surface area contributed by atoms with Crippen LogP contribution in [0.25, 0.3) is 11.5 Å². The lowest BCUT2D eigenvalue weighted by Crippen LogP contribution is -2.60. The number of pyridine rings is 1. The Morgan fingerprint density at radius 1 is 1.05 bits per heavy atom. The average molecular weight is 546 g/mol. The van der Waals surface area contributed by atoms with Crippen molar-refractivity contribution in [3.05, 3.63) is 60.1 Å². The highest BCUT2D eigenvalue weighted by atomic mass is 19.4. The zero-order valence-corrected chi connectivity index (χ0v) is 19.9. The summed E-state index contributed by atoms with van der Waals surface area (Å²) in [6.07, 6.45) is -3.94. The molecule has 1 fully saturated rings. The first-order valence-corrected chi connectivity index (χ1v) is 11.4. The van der Waals surface area contributed by atoms with Crippen LogP contribution >= 0.6 is 0 Å². The Morgan fingerprint density at radius 3 is 2.28 bits per heavy atom. The monoisotopic (exact) mass is 546 g/mol. The van der Waals surface area contributed by atoms with Gasteiger partial charge in [0.1, 0.15) is 11.9 Å². The van der Waals surface area contributed by atoms with Crippen LogP contribution in [-0.2, 0) is 20.6 Å². The number of oxazole rings is 1. The number of aromatic nitrogens is 2. The summed E-state index contributed by atoms with van der Waals surface area (Å²) in [6, 6.07) is 8.91. The van der Waals surface area contributed by atoms with Crippen molar-refractivity contribution in [2.24, 2.45) is 23.3 Å². The molecular formula is C24H21F3N6O6. The number of primary amides is 2. The highest BCUT2D eigenvalue weighted by molar-refractivity contribution is 6.04. The predicted molar refractivity (Wildman–Crippen MR) is 128 cm³/mol. The van der Waals surface area contributed by atoms with Gasteiger partial charge in [-0.2, -0.15) is 13.2 Å². The number of carboxylic acids is 1. The molecule has 15 heteroatoms. The third kappa shape index (κ3) is 5.51. The molecule has 3 atom stereocenters. The molecule has 0 radical (unpaired) electrons. The smallest absolute Gasteiger partial charge is 0.452 e. The minimum absolute atomic E-state index is 0.0107. The molecule has 3 heterocycles. The summed E-state index contributed by atoms with van der Waals surface area (Å²) in [5.41, 5.74) is 10.1. The molecule has 12 nitrogen and oxygen atoms in total. The number of carbonyl (C=O) groups is 4. The fourth-order valence-electron chi connectivity index (χ4n) is 4.42. The number of nitrogens with two attached hydrogens (primary N) is 2. The van der Waals surface area contributed by atoms with Gasteiger partial charge in [-0.05, 0) is 30.7 Å². The maximum absolute atomic E-state index is 13.6. The normalized spacial score (nSPS) is 19.4. The van der Waals surface area contributed by atoms with Crippen molar-refractivity contribution in [2.45, 2.75) is 18.6 Å². The van der Waals surface area contributed by atoms with E-state index in [0.29, 0.717) is 0 Å². The molecule has 0 bridgehead atoms. The van der Waals surface area contributed by atoms with Gasteiger partial charge in [0.25, 0.3) is 5.91 Å². The minimum Gasteiger partial charge on any atom is -0.481 e. The Kier molecular flexibility index (Phi) is 7.25. The van der Waals surface area contributed by atoms with Gasteiger partial charge in [0, 0.05) is 12.1 Å². The van der Waals surface area contributed by atoms with E-state index in [4.69, 9.17) is 15.9 Å². The van der Waals surface area contributed by atoms with Gasteiger partial charge in [-0.25, -0.2) is 9.97 Å². The van der Waals surface area contributed by atoms with Crippen molar-refractivity contribution in [1.29, 1.82) is 0 Å². The molecular weight excluding hydrogens is 525 g/mol. The van der Waals surface area contributed by atoms with Crippen molar-refractivity contribution >= 4 is 35.2 Å². The van der Waals surface area contributed by atoms with Crippen molar-refractivity contribution in [3.8, 4) is 11.5 Å². The molecule has 3 unspecified atom stereocenters. The van der Waals surface area contributed by atoms with E-state index in [1.54, 1.807) is 18.2 Å². The first-order chi connectivity index (χ1) is 18.4. The number of amides is 3. The van der Waals surface area contributed by atoms with Crippen LogP contribution in [0.5, 0.6) is 0 Å². The molecule has 0 aliphatic carbocycles. The predicted octanol–water partition coefficient (Wildman–Crippen LogP) is 1.87. The Hall–Kier alpha value is -4.95. The van der Waals surface area contributed by atoms with Crippen LogP contribution in [0.15, 0.2) is 53.1 Å². The number of aliphatic carboxylic acids is 1. The van der Waals surface area contributed by atoms with E-state index in [9.17, 15) is 37.5 Å². The first-order valence-electron chi connectivity index (χ1n) is 11.4. The number of piperidine rings is 1. The van der Waals surface area contributed by atoms with E-state index in [1.807, 2.05) is 0 Å². The molecule has 204 valence electrons. The maximum Gasteiger partial charge on any atom is 0.452 e. The molecule has 6 N–H and O–H groups in total. The first kappa shape index (κ1) is 27.1. The molecule has 1 saturated heterocycles. The van der Waals surface area contributed by atoms with E-state index >= 15 is 0 Å². The molecule has 39 heavy (non-hydrogen) atoms. The number of hydrogen-bond acceptors (Lipinski definition) is 8. The molecule has 3 aromatic rings. The number of rotatable bonds is 7. The molecule has 0 spiro atoms. The molecule has 3 amide bonds. The molecule has 0 saturated carbocycles. The van der Waals surface area contributed by atoms with Crippen molar-refractivity contribution in [2.75, 3.05) is 16.8 Å². The van der Waals surface area contributed by atoms with E-state index in [0.717, 1.165) is 6.20 Å². The molecule has 4 rings (SSSR count). The van der Waals surface area contributed by atoms with Gasteiger partial charge in [0.15, 0.2) is 5.69 Å². The number of nitrogens with zero attached hydrogens (tertiary/aromatic N) is 3. The second kappa shape index (κ2) is 10.4. The molecule has 1 aliphatic heterocycles. The third-order valence-corrected chi connectivity index (χ3v) is 6.15. The Bertz CT molecular complexity index is 1410. The fourth-order valence-corrected chi connectivity index (χ4v) is 4.42. The summed E-state index contributed by atoms with van der Waals surface area (Å²) in [4.78, 5) is 57.7. The van der Waals surface area contributed by atoms with Crippen LogP contribution in [0.4, 0.5) is 24.7 Å². The van der Waals surface area contributed by atoms with Gasteiger partial charge in [-0.15, -0.1) is 0 Å².